The molecule has 1 unspecified atom stereocenters. The van der Waals surface area contributed by atoms with Crippen LogP contribution in [0.25, 0.3) is 0 Å². The molecule has 0 radical (unpaired) electrons. The fourth-order valence-corrected chi connectivity index (χ4v) is 3.39. The molecule has 1 aromatic heterocycles. The van der Waals surface area contributed by atoms with Crippen LogP contribution in [0.4, 0.5) is 0 Å². The molecule has 0 fully saturated rings. The molecule has 2 aromatic rings. The van der Waals surface area contributed by atoms with Gasteiger partial charge in [0.05, 0.1) is 17.6 Å². The molecular weight excluding hydrogens is 322 g/mol. The molecule has 0 aliphatic rings. The predicted octanol–water partition coefficient (Wildman–Crippen LogP) is 4.22. The summed E-state index contributed by atoms with van der Waals surface area (Å²) in [5.74, 6) is 0.732. The maximum atomic E-state index is 6.23. The molecule has 1 heterocycles. The monoisotopic (exact) mass is 331 g/mol. The third kappa shape index (κ3) is 2.65. The van der Waals surface area contributed by atoms with Gasteiger partial charge in [0.25, 0.3) is 0 Å². The normalized spacial score (nSPS) is 12.5. The number of benzene rings is 1. The summed E-state index contributed by atoms with van der Waals surface area (Å²) in [7, 11) is 1.62. The van der Waals surface area contributed by atoms with Gasteiger partial charge in [-0.1, -0.05) is 17.7 Å². The van der Waals surface area contributed by atoms with Crippen LogP contribution in [-0.2, 0) is 0 Å². The van der Waals surface area contributed by atoms with Gasteiger partial charge >= 0.3 is 0 Å². The molecule has 17 heavy (non-hydrogen) atoms. The average Bonchev–Trinajstić information content (AvgIpc) is 2.80. The molecule has 1 aromatic carbocycles. The van der Waals surface area contributed by atoms with E-state index in [-0.39, 0.29) is 6.04 Å². The molecule has 0 saturated carbocycles. The topological polar surface area (TPSA) is 35.2 Å². The Kier molecular flexibility index (Phi) is 4.09. The lowest BCUT2D eigenvalue weighted by Gasteiger charge is -2.16. The molecule has 0 aliphatic heterocycles. The molecule has 0 aliphatic carbocycles. The van der Waals surface area contributed by atoms with Gasteiger partial charge in [-0.3, -0.25) is 0 Å². The number of ether oxygens (including phenoxy) is 1. The van der Waals surface area contributed by atoms with E-state index in [1.165, 1.54) is 0 Å². The lowest BCUT2D eigenvalue weighted by Crippen LogP contribution is -2.12. The third-order valence-electron chi connectivity index (χ3n) is 2.43. The minimum Gasteiger partial charge on any atom is -0.495 e. The zero-order valence-electron chi connectivity index (χ0n) is 9.11. The fraction of sp³-hybridized carbons (Fsp3) is 0.167. The largest absolute Gasteiger partial charge is 0.495 e. The second kappa shape index (κ2) is 5.40. The molecule has 1 atom stereocenters. The van der Waals surface area contributed by atoms with Crippen molar-refractivity contribution in [3.63, 3.8) is 0 Å². The van der Waals surface area contributed by atoms with Gasteiger partial charge in [0.1, 0.15) is 5.75 Å². The molecule has 0 amide bonds. The van der Waals surface area contributed by atoms with Crippen molar-refractivity contribution in [2.45, 2.75) is 6.04 Å². The Morgan fingerprint density at radius 1 is 1.47 bits per heavy atom. The summed E-state index contributed by atoms with van der Waals surface area (Å²) in [6.07, 6.45) is 0. The van der Waals surface area contributed by atoms with Crippen molar-refractivity contribution < 1.29 is 4.74 Å². The summed E-state index contributed by atoms with van der Waals surface area (Å²) < 4.78 is 6.18. The summed E-state index contributed by atoms with van der Waals surface area (Å²) in [5.41, 5.74) is 7.11. The Balaban J connectivity index is 2.50. The number of halogens is 2. The second-order valence-corrected chi connectivity index (χ2v) is 5.77. The highest BCUT2D eigenvalue weighted by Crippen LogP contribution is 2.38. The van der Waals surface area contributed by atoms with Crippen LogP contribution in [0.2, 0.25) is 5.02 Å². The van der Waals surface area contributed by atoms with Crippen LogP contribution < -0.4 is 10.5 Å². The smallest absolute Gasteiger partial charge is 0.138 e. The first-order valence-electron chi connectivity index (χ1n) is 4.95. The minimum atomic E-state index is -0.222. The van der Waals surface area contributed by atoms with Gasteiger partial charge in [-0.25, -0.2) is 0 Å². The van der Waals surface area contributed by atoms with Gasteiger partial charge < -0.3 is 10.5 Å². The summed E-state index contributed by atoms with van der Waals surface area (Å²) in [6, 6.07) is 7.40. The second-order valence-electron chi connectivity index (χ2n) is 3.50. The average molecular weight is 333 g/mol. The van der Waals surface area contributed by atoms with E-state index < -0.39 is 0 Å². The van der Waals surface area contributed by atoms with Crippen molar-refractivity contribution in [2.75, 3.05) is 7.11 Å². The van der Waals surface area contributed by atoms with E-state index in [9.17, 15) is 0 Å². The lowest BCUT2D eigenvalue weighted by atomic mass is 10.1. The maximum absolute atomic E-state index is 6.23. The van der Waals surface area contributed by atoms with E-state index in [1.807, 2.05) is 23.6 Å². The first-order chi connectivity index (χ1) is 8.13. The molecule has 5 heteroatoms. The first-order valence-corrected chi connectivity index (χ1v) is 7.00. The minimum absolute atomic E-state index is 0.222. The van der Waals surface area contributed by atoms with Crippen molar-refractivity contribution in [3.05, 3.63) is 49.6 Å². The van der Waals surface area contributed by atoms with Crippen molar-refractivity contribution in [3.8, 4) is 5.75 Å². The van der Waals surface area contributed by atoms with Gasteiger partial charge in [0, 0.05) is 15.5 Å². The number of hydrogen-bond donors (Lipinski definition) is 1. The summed E-state index contributed by atoms with van der Waals surface area (Å²) in [4.78, 5) is 1.08. The van der Waals surface area contributed by atoms with Crippen LogP contribution >= 0.6 is 38.9 Å². The quantitative estimate of drug-likeness (QED) is 0.913. The zero-order chi connectivity index (χ0) is 12.4. The molecule has 0 saturated heterocycles. The van der Waals surface area contributed by atoms with Crippen molar-refractivity contribution in [2.24, 2.45) is 5.73 Å². The van der Waals surface area contributed by atoms with E-state index in [1.54, 1.807) is 24.5 Å². The van der Waals surface area contributed by atoms with E-state index in [0.29, 0.717) is 5.02 Å². The highest BCUT2D eigenvalue weighted by atomic mass is 79.9. The van der Waals surface area contributed by atoms with Gasteiger partial charge in [0.15, 0.2) is 0 Å². The van der Waals surface area contributed by atoms with Gasteiger partial charge in [-0.2, -0.15) is 0 Å². The Bertz CT molecular complexity index is 515. The number of hydrogen-bond acceptors (Lipinski definition) is 3. The van der Waals surface area contributed by atoms with Gasteiger partial charge in [-0.15, -0.1) is 11.3 Å². The zero-order valence-corrected chi connectivity index (χ0v) is 12.3. The van der Waals surface area contributed by atoms with Crippen LogP contribution in [-0.4, -0.2) is 7.11 Å². The van der Waals surface area contributed by atoms with Gasteiger partial charge in [-0.05, 0) is 39.5 Å². The van der Waals surface area contributed by atoms with Gasteiger partial charge in [0.2, 0.25) is 0 Å². The SMILES string of the molecule is COc1c(Br)cc(Cl)cc1C(N)c1cccs1. The number of nitrogens with two attached hydrogens (primary N) is 1. The molecule has 0 bridgehead atoms. The summed E-state index contributed by atoms with van der Waals surface area (Å²) in [6.45, 7) is 0. The van der Waals surface area contributed by atoms with Crippen molar-refractivity contribution in [1.82, 2.24) is 0 Å². The van der Waals surface area contributed by atoms with Crippen LogP contribution in [0.3, 0.4) is 0 Å². The highest BCUT2D eigenvalue weighted by molar-refractivity contribution is 9.10. The number of methoxy groups -OCH3 is 1. The number of rotatable bonds is 3. The molecule has 2 nitrogen and oxygen atoms in total. The Morgan fingerprint density at radius 2 is 2.24 bits per heavy atom. The third-order valence-corrected chi connectivity index (χ3v) is 4.19. The predicted molar refractivity (Wildman–Crippen MR) is 76.1 cm³/mol. The highest BCUT2D eigenvalue weighted by Gasteiger charge is 2.18. The lowest BCUT2D eigenvalue weighted by molar-refractivity contribution is 0.405. The molecule has 2 N–H and O–H groups in total. The molecule has 0 spiro atoms. The summed E-state index contributed by atoms with van der Waals surface area (Å²) in [5, 5.41) is 2.64. The van der Waals surface area contributed by atoms with Crippen LogP contribution in [0.15, 0.2) is 34.1 Å². The number of thiophene rings is 1. The standard InChI is InChI=1S/C12H11BrClNOS/c1-16-12-8(5-7(14)6-9(12)13)11(15)10-3-2-4-17-10/h2-6,11H,15H2,1H3. The Morgan fingerprint density at radius 3 is 2.82 bits per heavy atom. The van der Waals surface area contributed by atoms with Crippen LogP contribution in [0.5, 0.6) is 5.75 Å². The van der Waals surface area contributed by atoms with Crippen LogP contribution in [0.1, 0.15) is 16.5 Å². The van der Waals surface area contributed by atoms with E-state index >= 15 is 0 Å². The van der Waals surface area contributed by atoms with Crippen molar-refractivity contribution >= 4 is 38.9 Å². The van der Waals surface area contributed by atoms with E-state index in [2.05, 4.69) is 15.9 Å². The van der Waals surface area contributed by atoms with Crippen LogP contribution in [0, 0.1) is 0 Å². The fourth-order valence-electron chi connectivity index (χ4n) is 1.65. The van der Waals surface area contributed by atoms with E-state index in [4.69, 9.17) is 22.1 Å². The summed E-state index contributed by atoms with van der Waals surface area (Å²) >= 11 is 11.1. The molecule has 90 valence electrons. The first kappa shape index (κ1) is 12.9. The Labute approximate surface area is 117 Å². The van der Waals surface area contributed by atoms with E-state index in [0.717, 1.165) is 20.7 Å². The Hall–Kier alpha value is -0.550. The molecule has 2 rings (SSSR count). The van der Waals surface area contributed by atoms with Crippen molar-refractivity contribution in [1.29, 1.82) is 0 Å². The maximum Gasteiger partial charge on any atom is 0.138 e. The molecular formula is C12H11BrClNOS.